The first-order valence-corrected chi connectivity index (χ1v) is 12.1. The van der Waals surface area contributed by atoms with Gasteiger partial charge in [-0.3, -0.25) is 0 Å². The third-order valence-corrected chi connectivity index (χ3v) is 6.69. The maximum absolute atomic E-state index is 4.54. The van der Waals surface area contributed by atoms with Crippen molar-refractivity contribution in [3.05, 3.63) is 113 Å². The minimum absolute atomic E-state index is 0.419. The zero-order valence-corrected chi connectivity index (χ0v) is 20.2. The minimum Gasteiger partial charge on any atom is -0.371 e. The van der Waals surface area contributed by atoms with Gasteiger partial charge in [-0.25, -0.2) is 0 Å². The van der Waals surface area contributed by atoms with Crippen LogP contribution in [0.5, 0.6) is 0 Å². The van der Waals surface area contributed by atoms with Crippen LogP contribution >= 0.6 is 0 Å². The summed E-state index contributed by atoms with van der Waals surface area (Å²) in [6.07, 6.45) is 9.95. The summed E-state index contributed by atoms with van der Waals surface area (Å²) < 4.78 is 0. The molecular formula is C31H39N. The maximum atomic E-state index is 4.54. The highest BCUT2D eigenvalue weighted by Gasteiger charge is 2.28. The van der Waals surface area contributed by atoms with E-state index in [2.05, 4.69) is 106 Å². The summed E-state index contributed by atoms with van der Waals surface area (Å²) in [5.41, 5.74) is 9.47. The summed E-state index contributed by atoms with van der Waals surface area (Å²) in [6, 6.07) is 19.7. The van der Waals surface area contributed by atoms with Crippen molar-refractivity contribution < 1.29 is 0 Å². The van der Waals surface area contributed by atoms with E-state index in [1.165, 1.54) is 51.9 Å². The zero-order valence-electron chi connectivity index (χ0n) is 20.2. The number of unbranched alkanes of at least 4 members (excludes halogenated alkanes) is 1. The Hall–Kier alpha value is -2.80. The molecule has 0 saturated heterocycles. The summed E-state index contributed by atoms with van der Waals surface area (Å²) >= 11 is 0. The molecule has 1 unspecified atom stereocenters. The first-order chi connectivity index (χ1) is 15.6. The third-order valence-electron chi connectivity index (χ3n) is 6.69. The van der Waals surface area contributed by atoms with Crippen LogP contribution in [0.3, 0.4) is 0 Å². The van der Waals surface area contributed by atoms with Gasteiger partial charge in [-0.1, -0.05) is 92.7 Å². The molecule has 1 atom stereocenters. The Balaban J connectivity index is 1.88. The van der Waals surface area contributed by atoms with Crippen molar-refractivity contribution in [2.75, 3.05) is 13.1 Å². The molecule has 0 aromatic heterocycles. The molecule has 1 aliphatic rings. The van der Waals surface area contributed by atoms with Crippen LogP contribution in [0.2, 0.25) is 0 Å². The minimum atomic E-state index is 0.419. The van der Waals surface area contributed by atoms with Gasteiger partial charge in [0, 0.05) is 24.7 Å². The fourth-order valence-corrected chi connectivity index (χ4v) is 4.70. The highest BCUT2D eigenvalue weighted by molar-refractivity contribution is 5.66. The Kier molecular flexibility index (Phi) is 8.73. The summed E-state index contributed by atoms with van der Waals surface area (Å²) in [7, 11) is 0. The molecular weight excluding hydrogens is 386 g/mol. The van der Waals surface area contributed by atoms with Crippen LogP contribution in [0.25, 0.3) is 5.57 Å². The molecule has 0 bridgehead atoms. The average Bonchev–Trinajstić information content (AvgIpc) is 2.84. The number of rotatable bonds is 10. The Morgan fingerprint density at radius 3 is 2.44 bits per heavy atom. The smallest absolute Gasteiger partial charge is 0.0395 e. The van der Waals surface area contributed by atoms with E-state index in [4.69, 9.17) is 0 Å². The lowest BCUT2D eigenvalue weighted by molar-refractivity contribution is 0.292. The Labute approximate surface area is 195 Å². The van der Waals surface area contributed by atoms with Crippen LogP contribution in [0, 0.1) is 12.8 Å². The van der Waals surface area contributed by atoms with Crippen LogP contribution in [-0.2, 0) is 6.42 Å². The predicted octanol–water partition coefficient (Wildman–Crippen LogP) is 8.15. The first-order valence-electron chi connectivity index (χ1n) is 12.1. The summed E-state index contributed by atoms with van der Waals surface area (Å²) in [5.74, 6) is 0.419. The van der Waals surface area contributed by atoms with Crippen molar-refractivity contribution in [1.82, 2.24) is 4.90 Å². The number of allylic oxidation sites excluding steroid dienone is 4. The second-order valence-electron chi connectivity index (χ2n) is 8.96. The molecule has 168 valence electrons. The van der Waals surface area contributed by atoms with Gasteiger partial charge in [0.1, 0.15) is 0 Å². The molecule has 0 amide bonds. The highest BCUT2D eigenvalue weighted by atomic mass is 15.1. The van der Waals surface area contributed by atoms with Crippen LogP contribution in [0.1, 0.15) is 56.2 Å². The van der Waals surface area contributed by atoms with Gasteiger partial charge in [0.15, 0.2) is 0 Å². The summed E-state index contributed by atoms with van der Waals surface area (Å²) in [5, 5.41) is 0. The quantitative estimate of drug-likeness (QED) is 0.371. The number of hydrogen-bond acceptors (Lipinski definition) is 1. The van der Waals surface area contributed by atoms with Crippen molar-refractivity contribution in [1.29, 1.82) is 0 Å². The van der Waals surface area contributed by atoms with Gasteiger partial charge in [-0.05, 0) is 73.5 Å². The molecule has 0 aliphatic carbocycles. The normalized spacial score (nSPS) is 16.9. The van der Waals surface area contributed by atoms with Gasteiger partial charge in [0.2, 0.25) is 0 Å². The average molecular weight is 426 g/mol. The molecule has 1 aliphatic heterocycles. The van der Waals surface area contributed by atoms with E-state index in [9.17, 15) is 0 Å². The maximum Gasteiger partial charge on any atom is 0.0395 e. The summed E-state index contributed by atoms with van der Waals surface area (Å²) in [6.45, 7) is 17.5. The van der Waals surface area contributed by atoms with Crippen molar-refractivity contribution >= 4 is 5.57 Å². The topological polar surface area (TPSA) is 3.24 Å². The first kappa shape index (κ1) is 23.9. The fourth-order valence-electron chi connectivity index (χ4n) is 4.70. The molecule has 1 heterocycles. The molecule has 0 saturated carbocycles. The van der Waals surface area contributed by atoms with Crippen LogP contribution < -0.4 is 0 Å². The second-order valence-corrected chi connectivity index (χ2v) is 8.96. The Morgan fingerprint density at radius 2 is 1.81 bits per heavy atom. The molecule has 0 fully saturated rings. The lowest BCUT2D eigenvalue weighted by atomic mass is 9.80. The lowest BCUT2D eigenvalue weighted by Crippen LogP contribution is -2.35. The summed E-state index contributed by atoms with van der Waals surface area (Å²) in [4.78, 5) is 2.56. The molecule has 2 aromatic rings. The standard InChI is InChI=1S/C31H39N/c1-6-9-21-32-23-29(25(5)28-13-11-10-12-14-28)22-30(31(32)8-3)27(7-2)20-19-26-17-15-24(4)16-18-26/h7-8,10-18,29H,3,5-6,9,19-23H2,1-2,4H3/b27-7-. The van der Waals surface area contributed by atoms with E-state index in [1.807, 2.05) is 0 Å². The van der Waals surface area contributed by atoms with Gasteiger partial charge in [0.25, 0.3) is 0 Å². The number of aryl methyl sites for hydroxylation is 2. The van der Waals surface area contributed by atoms with Gasteiger partial charge in [-0.15, -0.1) is 0 Å². The largest absolute Gasteiger partial charge is 0.371 e. The molecule has 2 aromatic carbocycles. The lowest BCUT2D eigenvalue weighted by Gasteiger charge is -2.39. The van der Waals surface area contributed by atoms with Crippen molar-refractivity contribution in [3.8, 4) is 0 Å². The van der Waals surface area contributed by atoms with Crippen molar-refractivity contribution in [2.45, 2.75) is 52.9 Å². The van der Waals surface area contributed by atoms with Crippen molar-refractivity contribution in [2.24, 2.45) is 5.92 Å². The van der Waals surface area contributed by atoms with E-state index in [-0.39, 0.29) is 0 Å². The van der Waals surface area contributed by atoms with Crippen LogP contribution in [-0.4, -0.2) is 18.0 Å². The number of benzene rings is 2. The van der Waals surface area contributed by atoms with Crippen molar-refractivity contribution in [3.63, 3.8) is 0 Å². The van der Waals surface area contributed by atoms with Crippen LogP contribution in [0.15, 0.2) is 96.8 Å². The molecule has 3 rings (SSSR count). The molecule has 1 nitrogen and oxygen atoms in total. The van der Waals surface area contributed by atoms with Gasteiger partial charge >= 0.3 is 0 Å². The Bertz CT molecular complexity index is 959. The number of hydrogen-bond donors (Lipinski definition) is 0. The van der Waals surface area contributed by atoms with E-state index in [1.54, 1.807) is 0 Å². The highest BCUT2D eigenvalue weighted by Crippen LogP contribution is 2.39. The van der Waals surface area contributed by atoms with Crippen LogP contribution in [0.4, 0.5) is 0 Å². The molecule has 32 heavy (non-hydrogen) atoms. The van der Waals surface area contributed by atoms with E-state index in [0.717, 1.165) is 32.4 Å². The monoisotopic (exact) mass is 425 g/mol. The SMILES string of the molecule is C=CC1=C(/C(=C\C)CCc2ccc(C)cc2)CC(C(=C)c2ccccc2)CN1CCCC. The molecule has 0 N–H and O–H groups in total. The van der Waals surface area contributed by atoms with Gasteiger partial charge < -0.3 is 4.90 Å². The second kappa shape index (κ2) is 11.7. The third kappa shape index (κ3) is 5.91. The van der Waals surface area contributed by atoms with E-state index >= 15 is 0 Å². The predicted molar refractivity (Wildman–Crippen MR) is 141 cm³/mol. The van der Waals surface area contributed by atoms with Gasteiger partial charge in [-0.2, -0.15) is 0 Å². The van der Waals surface area contributed by atoms with E-state index in [0.29, 0.717) is 5.92 Å². The molecule has 1 heteroatoms. The van der Waals surface area contributed by atoms with E-state index < -0.39 is 0 Å². The van der Waals surface area contributed by atoms with Gasteiger partial charge in [0.05, 0.1) is 0 Å². The number of nitrogens with zero attached hydrogens (tertiary/aromatic N) is 1. The Morgan fingerprint density at radius 1 is 1.09 bits per heavy atom. The fraction of sp³-hybridized carbons (Fsp3) is 0.355. The molecule has 0 spiro atoms. The molecule has 0 radical (unpaired) electrons. The zero-order chi connectivity index (χ0) is 22.9.